The lowest BCUT2D eigenvalue weighted by Gasteiger charge is -2.09. The Bertz CT molecular complexity index is 844. The third-order valence-electron chi connectivity index (χ3n) is 3.11. The van der Waals surface area contributed by atoms with E-state index in [0.717, 1.165) is 15.2 Å². The second-order valence-corrected chi connectivity index (χ2v) is 5.54. The van der Waals surface area contributed by atoms with Crippen molar-refractivity contribution in [3.8, 4) is 5.75 Å². The average molecular weight is 373 g/mol. The van der Waals surface area contributed by atoms with Gasteiger partial charge in [0.1, 0.15) is 11.5 Å². The maximum absolute atomic E-state index is 11.8. The van der Waals surface area contributed by atoms with Gasteiger partial charge >= 0.3 is 0 Å². The van der Waals surface area contributed by atoms with E-state index in [4.69, 9.17) is 9.15 Å². The minimum atomic E-state index is -0.347. The molecule has 0 aliphatic heterocycles. The number of halogens is 1. The molecule has 0 fully saturated rings. The van der Waals surface area contributed by atoms with Crippen LogP contribution in [0.2, 0.25) is 0 Å². The molecule has 6 heteroatoms. The Morgan fingerprint density at radius 3 is 2.78 bits per heavy atom. The summed E-state index contributed by atoms with van der Waals surface area (Å²) in [5.74, 6) is 0.860. The summed E-state index contributed by atoms with van der Waals surface area (Å²) in [4.78, 5) is 11.8. The zero-order valence-electron chi connectivity index (χ0n) is 12.0. The lowest BCUT2D eigenvalue weighted by Crippen LogP contribution is -2.24. The summed E-state index contributed by atoms with van der Waals surface area (Å²) in [7, 11) is 0. The molecule has 0 saturated heterocycles. The predicted octanol–water partition coefficient (Wildman–Crippen LogP) is 3.72. The molecule has 116 valence electrons. The van der Waals surface area contributed by atoms with Crippen molar-refractivity contribution >= 4 is 38.8 Å². The first-order chi connectivity index (χ1) is 11.2. The molecule has 1 heterocycles. The Morgan fingerprint density at radius 1 is 1.17 bits per heavy atom. The van der Waals surface area contributed by atoms with Crippen LogP contribution in [0.1, 0.15) is 5.76 Å². The molecule has 23 heavy (non-hydrogen) atoms. The first kappa shape index (κ1) is 15.3. The van der Waals surface area contributed by atoms with E-state index in [1.165, 1.54) is 12.5 Å². The molecule has 3 rings (SSSR count). The molecule has 0 bridgehead atoms. The van der Waals surface area contributed by atoms with Crippen molar-refractivity contribution in [2.24, 2.45) is 5.10 Å². The SMILES string of the molecule is O=C(COc1ccc(Br)c2ccccc12)N/N=C\c1ccco1. The van der Waals surface area contributed by atoms with Crippen molar-refractivity contribution in [3.05, 3.63) is 65.0 Å². The van der Waals surface area contributed by atoms with Crippen LogP contribution >= 0.6 is 15.9 Å². The normalized spacial score (nSPS) is 11.0. The maximum atomic E-state index is 11.8. The molecule has 0 spiro atoms. The summed E-state index contributed by atoms with van der Waals surface area (Å²) >= 11 is 3.50. The first-order valence-corrected chi connectivity index (χ1v) is 7.69. The lowest BCUT2D eigenvalue weighted by molar-refractivity contribution is -0.123. The van der Waals surface area contributed by atoms with E-state index in [0.29, 0.717) is 11.5 Å². The number of nitrogens with one attached hydrogen (secondary N) is 1. The zero-order chi connectivity index (χ0) is 16.1. The number of benzene rings is 2. The van der Waals surface area contributed by atoms with Gasteiger partial charge in [0.2, 0.25) is 0 Å². The Balaban J connectivity index is 1.62. The van der Waals surface area contributed by atoms with Gasteiger partial charge in [-0.3, -0.25) is 4.79 Å². The third kappa shape index (κ3) is 3.78. The number of amides is 1. The molecule has 1 amide bonds. The number of carbonyl (C=O) groups is 1. The van der Waals surface area contributed by atoms with Gasteiger partial charge < -0.3 is 9.15 Å². The van der Waals surface area contributed by atoms with E-state index in [1.54, 1.807) is 12.1 Å². The summed E-state index contributed by atoms with van der Waals surface area (Å²) in [6.45, 7) is -0.124. The summed E-state index contributed by atoms with van der Waals surface area (Å²) in [5.41, 5.74) is 2.39. The molecule has 1 N–H and O–H groups in total. The molecule has 0 radical (unpaired) electrons. The molecule has 0 saturated carbocycles. The second-order valence-electron chi connectivity index (χ2n) is 4.69. The van der Waals surface area contributed by atoms with E-state index in [-0.39, 0.29) is 12.5 Å². The van der Waals surface area contributed by atoms with E-state index in [1.807, 2.05) is 36.4 Å². The summed E-state index contributed by atoms with van der Waals surface area (Å²) in [6, 6.07) is 15.0. The highest BCUT2D eigenvalue weighted by Crippen LogP contribution is 2.31. The van der Waals surface area contributed by atoms with Crippen LogP contribution in [0.15, 0.2) is 68.8 Å². The molecule has 0 unspecified atom stereocenters. The predicted molar refractivity (Wildman–Crippen MR) is 91.6 cm³/mol. The number of nitrogens with zero attached hydrogens (tertiary/aromatic N) is 1. The summed E-state index contributed by atoms with van der Waals surface area (Å²) in [6.07, 6.45) is 2.96. The minimum absolute atomic E-state index is 0.124. The van der Waals surface area contributed by atoms with Crippen molar-refractivity contribution in [1.29, 1.82) is 0 Å². The van der Waals surface area contributed by atoms with Gasteiger partial charge in [0.15, 0.2) is 6.61 Å². The number of ether oxygens (including phenoxy) is 1. The minimum Gasteiger partial charge on any atom is -0.483 e. The highest BCUT2D eigenvalue weighted by molar-refractivity contribution is 9.10. The maximum Gasteiger partial charge on any atom is 0.277 e. The van der Waals surface area contributed by atoms with E-state index in [9.17, 15) is 4.79 Å². The number of hydrazone groups is 1. The highest BCUT2D eigenvalue weighted by atomic mass is 79.9. The first-order valence-electron chi connectivity index (χ1n) is 6.89. The molecule has 1 aromatic heterocycles. The number of furan rings is 1. The number of hydrogen-bond donors (Lipinski definition) is 1. The monoisotopic (exact) mass is 372 g/mol. The quantitative estimate of drug-likeness (QED) is 0.548. The van der Waals surface area contributed by atoms with Crippen molar-refractivity contribution < 1.29 is 13.9 Å². The van der Waals surface area contributed by atoms with Gasteiger partial charge in [-0.2, -0.15) is 5.10 Å². The van der Waals surface area contributed by atoms with Crippen molar-refractivity contribution in [2.45, 2.75) is 0 Å². The Morgan fingerprint density at radius 2 is 2.00 bits per heavy atom. The van der Waals surface area contributed by atoms with Crippen molar-refractivity contribution in [1.82, 2.24) is 5.43 Å². The number of hydrogen-bond acceptors (Lipinski definition) is 4. The number of rotatable bonds is 5. The molecular weight excluding hydrogens is 360 g/mol. The fourth-order valence-electron chi connectivity index (χ4n) is 2.07. The Labute approximate surface area is 141 Å². The van der Waals surface area contributed by atoms with Crippen LogP contribution in [0.3, 0.4) is 0 Å². The van der Waals surface area contributed by atoms with Crippen LogP contribution in [0, 0.1) is 0 Å². The smallest absolute Gasteiger partial charge is 0.277 e. The molecule has 0 atom stereocenters. The van der Waals surface area contributed by atoms with Crippen LogP contribution in [-0.2, 0) is 4.79 Å². The fourth-order valence-corrected chi connectivity index (χ4v) is 2.55. The van der Waals surface area contributed by atoms with Crippen molar-refractivity contribution in [3.63, 3.8) is 0 Å². The average Bonchev–Trinajstić information content (AvgIpc) is 3.08. The van der Waals surface area contributed by atoms with Gasteiger partial charge in [-0.05, 0) is 29.7 Å². The number of carbonyl (C=O) groups excluding carboxylic acids is 1. The van der Waals surface area contributed by atoms with Crippen LogP contribution in [-0.4, -0.2) is 18.7 Å². The van der Waals surface area contributed by atoms with Crippen LogP contribution in [0.4, 0.5) is 0 Å². The Hall–Kier alpha value is -2.60. The van der Waals surface area contributed by atoms with Crippen LogP contribution in [0.25, 0.3) is 10.8 Å². The van der Waals surface area contributed by atoms with Gasteiger partial charge in [0.05, 0.1) is 12.5 Å². The van der Waals surface area contributed by atoms with Crippen molar-refractivity contribution in [2.75, 3.05) is 6.61 Å². The molecule has 0 aliphatic carbocycles. The summed E-state index contributed by atoms with van der Waals surface area (Å²) in [5, 5.41) is 5.76. The van der Waals surface area contributed by atoms with E-state index < -0.39 is 0 Å². The van der Waals surface area contributed by atoms with Gasteiger partial charge in [-0.15, -0.1) is 0 Å². The highest BCUT2D eigenvalue weighted by Gasteiger charge is 2.07. The van der Waals surface area contributed by atoms with Gasteiger partial charge in [0.25, 0.3) is 5.91 Å². The van der Waals surface area contributed by atoms with Crippen LogP contribution < -0.4 is 10.2 Å². The van der Waals surface area contributed by atoms with Gasteiger partial charge in [0, 0.05) is 9.86 Å². The second kappa shape index (κ2) is 7.11. The molecule has 3 aromatic rings. The van der Waals surface area contributed by atoms with E-state index in [2.05, 4.69) is 26.5 Å². The van der Waals surface area contributed by atoms with E-state index >= 15 is 0 Å². The largest absolute Gasteiger partial charge is 0.483 e. The van der Waals surface area contributed by atoms with Gasteiger partial charge in [-0.1, -0.05) is 40.2 Å². The zero-order valence-corrected chi connectivity index (χ0v) is 13.6. The third-order valence-corrected chi connectivity index (χ3v) is 3.81. The Kier molecular flexibility index (Phi) is 4.73. The molecular formula is C17H13BrN2O3. The topological polar surface area (TPSA) is 63.8 Å². The molecule has 0 aliphatic rings. The molecule has 2 aromatic carbocycles. The van der Waals surface area contributed by atoms with Gasteiger partial charge in [-0.25, -0.2) is 5.43 Å². The molecule has 5 nitrogen and oxygen atoms in total. The van der Waals surface area contributed by atoms with Crippen LogP contribution in [0.5, 0.6) is 5.75 Å². The summed E-state index contributed by atoms with van der Waals surface area (Å²) < 4.78 is 11.6. The fraction of sp³-hybridized carbons (Fsp3) is 0.0588. The standard InChI is InChI=1S/C17H13BrN2O3/c18-15-7-8-16(14-6-2-1-5-13(14)15)23-11-17(21)20-19-10-12-4-3-9-22-12/h1-10H,11H2,(H,20,21)/b19-10-. The lowest BCUT2D eigenvalue weighted by atomic mass is 10.1. The number of fused-ring (bicyclic) bond motifs is 1.